The zero-order chi connectivity index (χ0) is 15.3. The van der Waals surface area contributed by atoms with Crippen molar-refractivity contribution in [2.24, 2.45) is 0 Å². The number of hydrogen-bond acceptors (Lipinski definition) is 2. The summed E-state index contributed by atoms with van der Waals surface area (Å²) in [5.74, 6) is 0. The highest BCUT2D eigenvalue weighted by molar-refractivity contribution is 5.31. The molecule has 2 heteroatoms. The van der Waals surface area contributed by atoms with Gasteiger partial charge in [-0.25, -0.2) is 0 Å². The summed E-state index contributed by atoms with van der Waals surface area (Å²) in [6.07, 6.45) is 6.07. The number of likely N-dealkylation sites (N-methyl/N-ethyl adjacent to an activating group) is 1. The van der Waals surface area contributed by atoms with Gasteiger partial charge in [0.05, 0.1) is 5.60 Å². The lowest BCUT2D eigenvalue weighted by molar-refractivity contribution is -0.0609. The largest absolute Gasteiger partial charge is 0.374 e. The van der Waals surface area contributed by atoms with Crippen LogP contribution in [0.15, 0.2) is 18.2 Å². The van der Waals surface area contributed by atoms with Crippen molar-refractivity contribution in [3.05, 3.63) is 34.9 Å². The van der Waals surface area contributed by atoms with Gasteiger partial charge >= 0.3 is 0 Å². The summed E-state index contributed by atoms with van der Waals surface area (Å²) in [6, 6.07) is 7.21. The summed E-state index contributed by atoms with van der Waals surface area (Å²) in [5, 5.41) is 3.72. The molecule has 1 saturated carbocycles. The van der Waals surface area contributed by atoms with Gasteiger partial charge in [0.15, 0.2) is 0 Å². The molecule has 1 atom stereocenters. The fourth-order valence-corrected chi connectivity index (χ4v) is 3.78. The van der Waals surface area contributed by atoms with Crippen LogP contribution in [-0.4, -0.2) is 24.8 Å². The van der Waals surface area contributed by atoms with Crippen LogP contribution in [0.5, 0.6) is 0 Å². The number of nitrogens with one attached hydrogen (secondary N) is 1. The predicted octanol–water partition coefficient (Wildman–Crippen LogP) is 4.17. The van der Waals surface area contributed by atoms with E-state index in [4.69, 9.17) is 4.74 Å². The lowest BCUT2D eigenvalue weighted by Gasteiger charge is -2.38. The van der Waals surface area contributed by atoms with E-state index in [1.807, 2.05) is 0 Å². The number of rotatable bonds is 7. The Kier molecular flexibility index (Phi) is 5.83. The Hall–Kier alpha value is -0.860. The van der Waals surface area contributed by atoms with Gasteiger partial charge in [0, 0.05) is 12.6 Å². The Labute approximate surface area is 130 Å². The van der Waals surface area contributed by atoms with Crippen molar-refractivity contribution >= 4 is 0 Å². The molecule has 0 saturated heterocycles. The summed E-state index contributed by atoms with van der Waals surface area (Å²) in [5.41, 5.74) is 4.25. The molecule has 0 radical (unpaired) electrons. The molecule has 21 heavy (non-hydrogen) atoms. The van der Waals surface area contributed by atoms with Crippen molar-refractivity contribution in [2.45, 2.75) is 71.4 Å². The van der Waals surface area contributed by atoms with Crippen molar-refractivity contribution in [1.82, 2.24) is 5.32 Å². The molecule has 0 aromatic heterocycles. The maximum atomic E-state index is 6.28. The van der Waals surface area contributed by atoms with E-state index >= 15 is 0 Å². The van der Waals surface area contributed by atoms with Crippen molar-refractivity contribution in [3.8, 4) is 0 Å². The summed E-state index contributed by atoms with van der Waals surface area (Å²) in [4.78, 5) is 0. The van der Waals surface area contributed by atoms with Gasteiger partial charge in [-0.1, -0.05) is 43.5 Å². The van der Waals surface area contributed by atoms with Gasteiger partial charge in [-0.05, 0) is 57.7 Å². The van der Waals surface area contributed by atoms with Crippen LogP contribution in [0.3, 0.4) is 0 Å². The third-order valence-corrected chi connectivity index (χ3v) is 4.90. The van der Waals surface area contributed by atoms with E-state index in [2.05, 4.69) is 51.2 Å². The van der Waals surface area contributed by atoms with Crippen LogP contribution in [0.2, 0.25) is 0 Å². The predicted molar refractivity (Wildman–Crippen MR) is 89.9 cm³/mol. The molecule has 1 aromatic carbocycles. The van der Waals surface area contributed by atoms with Crippen LogP contribution in [0.25, 0.3) is 0 Å². The van der Waals surface area contributed by atoms with Crippen LogP contribution in [0.4, 0.5) is 0 Å². The Morgan fingerprint density at radius 3 is 2.52 bits per heavy atom. The van der Waals surface area contributed by atoms with E-state index in [0.717, 1.165) is 19.6 Å². The topological polar surface area (TPSA) is 21.3 Å². The zero-order valence-electron chi connectivity index (χ0n) is 14.2. The standard InChI is InChI=1S/C19H31NO/c1-5-20-18(19(21-6-2)11-7-8-12-19)14-17-13-15(3)9-10-16(17)4/h9-10,13,18,20H,5-8,11-12,14H2,1-4H3. The lowest BCUT2D eigenvalue weighted by Crippen LogP contribution is -2.52. The minimum atomic E-state index is 0.0426. The quantitative estimate of drug-likeness (QED) is 0.813. The summed E-state index contributed by atoms with van der Waals surface area (Å²) >= 11 is 0. The van der Waals surface area contributed by atoms with Crippen molar-refractivity contribution in [2.75, 3.05) is 13.2 Å². The number of hydrogen-bond donors (Lipinski definition) is 1. The smallest absolute Gasteiger partial charge is 0.0837 e. The molecule has 0 aliphatic heterocycles. The fourth-order valence-electron chi connectivity index (χ4n) is 3.78. The van der Waals surface area contributed by atoms with Crippen molar-refractivity contribution in [1.29, 1.82) is 0 Å². The molecule has 1 aliphatic carbocycles. The van der Waals surface area contributed by atoms with Gasteiger partial charge in [-0.15, -0.1) is 0 Å². The molecule has 1 unspecified atom stereocenters. The van der Waals surface area contributed by atoms with Gasteiger partial charge in [-0.3, -0.25) is 0 Å². The Morgan fingerprint density at radius 1 is 1.19 bits per heavy atom. The molecular weight excluding hydrogens is 258 g/mol. The number of ether oxygens (including phenoxy) is 1. The minimum Gasteiger partial charge on any atom is -0.374 e. The Balaban J connectivity index is 2.23. The first-order chi connectivity index (χ1) is 10.1. The number of benzene rings is 1. The van der Waals surface area contributed by atoms with Crippen LogP contribution >= 0.6 is 0 Å². The maximum Gasteiger partial charge on any atom is 0.0837 e. The van der Waals surface area contributed by atoms with E-state index in [9.17, 15) is 0 Å². The van der Waals surface area contributed by atoms with Crippen LogP contribution < -0.4 is 5.32 Å². The molecule has 1 N–H and O–H groups in total. The first kappa shape index (κ1) is 16.5. The SMILES string of the molecule is CCNC(Cc1cc(C)ccc1C)C1(OCC)CCCC1. The highest BCUT2D eigenvalue weighted by Gasteiger charge is 2.41. The van der Waals surface area contributed by atoms with Crippen molar-refractivity contribution in [3.63, 3.8) is 0 Å². The third-order valence-electron chi connectivity index (χ3n) is 4.90. The maximum absolute atomic E-state index is 6.28. The first-order valence-electron chi connectivity index (χ1n) is 8.54. The molecule has 1 aliphatic rings. The molecule has 118 valence electrons. The molecule has 0 amide bonds. The zero-order valence-corrected chi connectivity index (χ0v) is 14.2. The van der Waals surface area contributed by atoms with Gasteiger partial charge < -0.3 is 10.1 Å². The minimum absolute atomic E-state index is 0.0426. The highest BCUT2D eigenvalue weighted by atomic mass is 16.5. The average molecular weight is 289 g/mol. The molecule has 0 heterocycles. The van der Waals surface area contributed by atoms with E-state index in [1.54, 1.807) is 0 Å². The molecule has 2 rings (SSSR count). The van der Waals surface area contributed by atoms with Gasteiger partial charge in [0.2, 0.25) is 0 Å². The molecule has 2 nitrogen and oxygen atoms in total. The van der Waals surface area contributed by atoms with E-state index in [0.29, 0.717) is 6.04 Å². The van der Waals surface area contributed by atoms with Crippen LogP contribution in [0.1, 0.15) is 56.2 Å². The van der Waals surface area contributed by atoms with Gasteiger partial charge in [0.25, 0.3) is 0 Å². The fraction of sp³-hybridized carbons (Fsp3) is 0.684. The molecule has 1 fully saturated rings. The molecule has 0 spiro atoms. The second-order valence-corrected chi connectivity index (χ2v) is 6.45. The summed E-state index contributed by atoms with van der Waals surface area (Å²) < 4.78 is 6.28. The Morgan fingerprint density at radius 2 is 1.90 bits per heavy atom. The molecule has 1 aromatic rings. The second-order valence-electron chi connectivity index (χ2n) is 6.45. The average Bonchev–Trinajstić information content (AvgIpc) is 2.92. The van der Waals surface area contributed by atoms with E-state index in [1.165, 1.54) is 42.4 Å². The summed E-state index contributed by atoms with van der Waals surface area (Å²) in [7, 11) is 0. The van der Waals surface area contributed by atoms with Gasteiger partial charge in [0.1, 0.15) is 0 Å². The normalized spacial score (nSPS) is 18.9. The van der Waals surface area contributed by atoms with E-state index in [-0.39, 0.29) is 5.60 Å². The van der Waals surface area contributed by atoms with Gasteiger partial charge in [-0.2, -0.15) is 0 Å². The van der Waals surface area contributed by atoms with E-state index < -0.39 is 0 Å². The lowest BCUT2D eigenvalue weighted by atomic mass is 9.85. The third kappa shape index (κ3) is 3.87. The van der Waals surface area contributed by atoms with Crippen molar-refractivity contribution < 1.29 is 4.74 Å². The first-order valence-corrected chi connectivity index (χ1v) is 8.54. The molecule has 0 bridgehead atoms. The summed E-state index contributed by atoms with van der Waals surface area (Å²) in [6.45, 7) is 10.5. The monoisotopic (exact) mass is 289 g/mol. The number of aryl methyl sites for hydroxylation is 2. The Bertz CT molecular complexity index is 449. The van der Waals surface area contributed by atoms with Crippen LogP contribution in [-0.2, 0) is 11.2 Å². The molecular formula is C19H31NO. The van der Waals surface area contributed by atoms with Crippen LogP contribution in [0, 0.1) is 13.8 Å². The highest BCUT2D eigenvalue weighted by Crippen LogP contribution is 2.37. The second kappa shape index (κ2) is 7.42.